The number of fused-ring (bicyclic) bond motifs is 1. The Balaban J connectivity index is 2.50. The van der Waals surface area contributed by atoms with Crippen LogP contribution < -0.4 is 11.2 Å². The number of nitrogens with one attached hydrogen (secondary N) is 1. The first-order chi connectivity index (χ1) is 10.6. The summed E-state index contributed by atoms with van der Waals surface area (Å²) < 4.78 is 12.3. The highest BCUT2D eigenvalue weighted by molar-refractivity contribution is 5.96. The second-order valence-electron chi connectivity index (χ2n) is 4.76. The molecule has 2 aromatic rings. The van der Waals surface area contributed by atoms with Crippen LogP contribution in [0.15, 0.2) is 6.33 Å². The summed E-state index contributed by atoms with van der Waals surface area (Å²) >= 11 is 0. The van der Waals surface area contributed by atoms with Crippen molar-refractivity contribution in [3.63, 3.8) is 0 Å². The first-order valence-corrected chi connectivity index (χ1v) is 6.63. The number of methoxy groups -OCH3 is 1. The number of nitriles is 1. The summed E-state index contributed by atoms with van der Waals surface area (Å²) in [5, 5.41) is 11.7. The molecule has 0 radical (unpaired) electrons. The van der Waals surface area contributed by atoms with Gasteiger partial charge in [0.2, 0.25) is 0 Å². The summed E-state index contributed by atoms with van der Waals surface area (Å²) in [6, 6.07) is 2.16. The van der Waals surface area contributed by atoms with E-state index in [0.717, 1.165) is 0 Å². The van der Waals surface area contributed by atoms with Gasteiger partial charge in [-0.2, -0.15) is 5.26 Å². The normalized spacial score (nSPS) is 11.0. The molecule has 0 aliphatic rings. The molecule has 0 atom stereocenters. The van der Waals surface area contributed by atoms with E-state index >= 15 is 0 Å². The number of rotatable bonds is 7. The third-order valence-corrected chi connectivity index (χ3v) is 2.96. The van der Waals surface area contributed by atoms with Gasteiger partial charge in [0.15, 0.2) is 0 Å². The van der Waals surface area contributed by atoms with E-state index < -0.39 is 0 Å². The molecule has 9 nitrogen and oxygen atoms in total. The Kier molecular flexibility index (Phi) is 5.11. The van der Waals surface area contributed by atoms with Crippen LogP contribution in [0.2, 0.25) is 0 Å². The minimum Gasteiger partial charge on any atom is -0.383 e. The number of ether oxygens (including phenoxy) is 2. The molecule has 0 aromatic carbocycles. The lowest BCUT2D eigenvalue weighted by atomic mass is 10.2. The van der Waals surface area contributed by atoms with Crippen LogP contribution in [-0.4, -0.2) is 54.0 Å². The molecule has 0 aliphatic heterocycles. The number of aromatic nitrogens is 3. The van der Waals surface area contributed by atoms with Crippen molar-refractivity contribution in [3.8, 4) is 6.07 Å². The van der Waals surface area contributed by atoms with Gasteiger partial charge in [-0.15, -0.1) is 0 Å². The molecule has 0 amide bonds. The number of nitrogens with two attached hydrogens (primary N) is 1. The molecule has 2 heterocycles. The fraction of sp³-hybridized carbons (Fsp3) is 0.462. The first kappa shape index (κ1) is 16.0. The standard InChI is InChI=1S/C13H19N7O2/c1-19(2)18-12-9(6-14)10-11(15)16-7-17-13(10)20(12)8-22-5-4-21-3/h7,18H,4-5,8H2,1-3H3,(H2,15,16,17). The van der Waals surface area contributed by atoms with E-state index in [1.54, 1.807) is 16.7 Å². The minimum absolute atomic E-state index is 0.216. The maximum absolute atomic E-state index is 9.48. The van der Waals surface area contributed by atoms with E-state index in [1.807, 2.05) is 14.1 Å². The highest BCUT2D eigenvalue weighted by atomic mass is 16.5. The summed E-state index contributed by atoms with van der Waals surface area (Å²) in [5.41, 5.74) is 9.93. The Morgan fingerprint density at radius 2 is 2.18 bits per heavy atom. The number of nitrogens with zero attached hydrogens (tertiary/aromatic N) is 5. The summed E-state index contributed by atoms with van der Waals surface area (Å²) in [4.78, 5) is 8.19. The molecule has 3 N–H and O–H groups in total. The molecule has 0 aliphatic carbocycles. The number of nitrogen functional groups attached to an aromatic ring is 1. The van der Waals surface area contributed by atoms with Crippen LogP contribution in [0.3, 0.4) is 0 Å². The van der Waals surface area contributed by atoms with Crippen LogP contribution in [0.4, 0.5) is 11.6 Å². The van der Waals surface area contributed by atoms with Crippen LogP contribution in [0.5, 0.6) is 0 Å². The highest BCUT2D eigenvalue weighted by Gasteiger charge is 2.21. The molecule has 2 aromatic heterocycles. The van der Waals surface area contributed by atoms with Gasteiger partial charge in [0.25, 0.3) is 0 Å². The maximum atomic E-state index is 9.48. The molecule has 9 heteroatoms. The highest BCUT2D eigenvalue weighted by Crippen LogP contribution is 2.31. The number of hydrazine groups is 1. The second kappa shape index (κ2) is 7.04. The summed E-state index contributed by atoms with van der Waals surface area (Å²) in [6.45, 7) is 1.13. The number of hydrogen-bond acceptors (Lipinski definition) is 8. The predicted molar refractivity (Wildman–Crippen MR) is 81.8 cm³/mol. The van der Waals surface area contributed by atoms with Crippen LogP contribution in [0.1, 0.15) is 5.56 Å². The Bertz CT molecular complexity index is 690. The van der Waals surface area contributed by atoms with Crippen molar-refractivity contribution in [2.24, 2.45) is 0 Å². The number of hydrogen-bond donors (Lipinski definition) is 2. The van der Waals surface area contributed by atoms with Gasteiger partial charge >= 0.3 is 0 Å². The van der Waals surface area contributed by atoms with Crippen molar-refractivity contribution in [1.29, 1.82) is 5.26 Å². The molecule has 0 saturated carbocycles. The summed E-state index contributed by atoms with van der Waals surface area (Å²) in [5.74, 6) is 0.825. The monoisotopic (exact) mass is 305 g/mol. The Morgan fingerprint density at radius 1 is 1.41 bits per heavy atom. The minimum atomic E-state index is 0.216. The summed E-state index contributed by atoms with van der Waals surface area (Å²) in [6.07, 6.45) is 1.36. The van der Waals surface area contributed by atoms with E-state index in [4.69, 9.17) is 15.2 Å². The lowest BCUT2D eigenvalue weighted by molar-refractivity contribution is 0.0363. The molecule has 0 unspecified atom stereocenters. The third kappa shape index (κ3) is 3.09. The van der Waals surface area contributed by atoms with Crippen molar-refractivity contribution in [1.82, 2.24) is 19.5 Å². The SMILES string of the molecule is COCCOCn1c(NN(C)C)c(C#N)c2c(N)ncnc21. The molecular formula is C13H19N7O2. The molecule has 0 saturated heterocycles. The lowest BCUT2D eigenvalue weighted by Gasteiger charge is -2.16. The fourth-order valence-electron chi connectivity index (χ4n) is 2.05. The van der Waals surface area contributed by atoms with Crippen molar-refractivity contribution < 1.29 is 9.47 Å². The van der Waals surface area contributed by atoms with E-state index in [2.05, 4.69) is 21.5 Å². The van der Waals surface area contributed by atoms with E-state index in [9.17, 15) is 5.26 Å². The molecule has 22 heavy (non-hydrogen) atoms. The lowest BCUT2D eigenvalue weighted by Crippen LogP contribution is -2.23. The Hall–Kier alpha value is -2.41. The van der Waals surface area contributed by atoms with Crippen LogP contribution in [0, 0.1) is 11.3 Å². The van der Waals surface area contributed by atoms with Gasteiger partial charge in [0.05, 0.1) is 18.6 Å². The van der Waals surface area contributed by atoms with Crippen LogP contribution >= 0.6 is 0 Å². The van der Waals surface area contributed by atoms with Gasteiger partial charge in [0.1, 0.15) is 42.0 Å². The molecule has 0 bridgehead atoms. The van der Waals surface area contributed by atoms with Crippen LogP contribution in [0.25, 0.3) is 11.0 Å². The molecule has 118 valence electrons. The van der Waals surface area contributed by atoms with Gasteiger partial charge in [-0.05, 0) is 0 Å². The molecular weight excluding hydrogens is 286 g/mol. The summed E-state index contributed by atoms with van der Waals surface area (Å²) in [7, 11) is 5.25. The molecule has 0 fully saturated rings. The topological polar surface area (TPSA) is 114 Å². The van der Waals surface area contributed by atoms with Crippen molar-refractivity contribution >= 4 is 22.7 Å². The van der Waals surface area contributed by atoms with Gasteiger partial charge in [-0.3, -0.25) is 4.57 Å². The maximum Gasteiger partial charge on any atom is 0.150 e. The zero-order valence-electron chi connectivity index (χ0n) is 12.8. The van der Waals surface area contributed by atoms with E-state index in [-0.39, 0.29) is 12.5 Å². The fourth-order valence-corrected chi connectivity index (χ4v) is 2.05. The van der Waals surface area contributed by atoms with E-state index in [1.165, 1.54) is 6.33 Å². The van der Waals surface area contributed by atoms with Crippen LogP contribution in [-0.2, 0) is 16.2 Å². The quantitative estimate of drug-likeness (QED) is 0.558. The average Bonchev–Trinajstić information content (AvgIpc) is 2.77. The number of anilines is 2. The zero-order valence-corrected chi connectivity index (χ0v) is 12.8. The Morgan fingerprint density at radius 3 is 2.82 bits per heavy atom. The smallest absolute Gasteiger partial charge is 0.150 e. The van der Waals surface area contributed by atoms with Gasteiger partial charge in [-0.25, -0.2) is 15.0 Å². The molecule has 2 rings (SSSR count). The molecule has 0 spiro atoms. The second-order valence-corrected chi connectivity index (χ2v) is 4.76. The Labute approximate surface area is 128 Å². The van der Waals surface area contributed by atoms with Crippen molar-refractivity contribution in [2.45, 2.75) is 6.73 Å². The van der Waals surface area contributed by atoms with E-state index in [0.29, 0.717) is 35.6 Å². The van der Waals surface area contributed by atoms with Crippen molar-refractivity contribution in [2.75, 3.05) is 45.6 Å². The van der Waals surface area contributed by atoms with Gasteiger partial charge in [0, 0.05) is 21.2 Å². The largest absolute Gasteiger partial charge is 0.383 e. The van der Waals surface area contributed by atoms with Gasteiger partial charge < -0.3 is 20.6 Å². The first-order valence-electron chi connectivity index (χ1n) is 6.63. The average molecular weight is 305 g/mol. The van der Waals surface area contributed by atoms with Gasteiger partial charge in [-0.1, -0.05) is 0 Å². The third-order valence-electron chi connectivity index (χ3n) is 2.96. The zero-order chi connectivity index (χ0) is 16.1. The predicted octanol–water partition coefficient (Wildman–Crippen LogP) is 0.394. The van der Waals surface area contributed by atoms with Crippen molar-refractivity contribution in [3.05, 3.63) is 11.9 Å².